The van der Waals surface area contributed by atoms with Crippen LogP contribution in [-0.4, -0.2) is 87.5 Å². The molecule has 0 radical (unpaired) electrons. The van der Waals surface area contributed by atoms with Crippen LogP contribution in [0.3, 0.4) is 0 Å². The van der Waals surface area contributed by atoms with E-state index >= 15 is 0 Å². The van der Waals surface area contributed by atoms with E-state index in [9.17, 15) is 29.4 Å². The Kier molecular flexibility index (Phi) is 9.77. The van der Waals surface area contributed by atoms with Gasteiger partial charge < -0.3 is 36.3 Å². The maximum Gasteiger partial charge on any atom is 0.242 e. The minimum Gasteiger partial charge on any atom is -0.393 e. The number of methoxy groups -OCH3 is 1. The molecule has 1 aliphatic heterocycles. The predicted octanol–water partition coefficient (Wildman–Crippen LogP) is 0.0513. The van der Waals surface area contributed by atoms with Crippen molar-refractivity contribution < 1.29 is 34.1 Å². The van der Waals surface area contributed by atoms with Crippen LogP contribution in [0.1, 0.15) is 38.7 Å². The summed E-state index contributed by atoms with van der Waals surface area (Å²) < 4.78 is 5.40. The van der Waals surface area contributed by atoms with Gasteiger partial charge in [-0.2, -0.15) is 0 Å². The number of ketones is 2. The number of aliphatic hydroxyl groups is 2. The van der Waals surface area contributed by atoms with E-state index in [1.165, 1.54) is 25.9 Å². The van der Waals surface area contributed by atoms with Crippen LogP contribution >= 0.6 is 0 Å². The molecule has 208 valence electrons. The largest absolute Gasteiger partial charge is 0.393 e. The third-order valence-corrected chi connectivity index (χ3v) is 7.47. The molecule has 38 heavy (non-hydrogen) atoms. The molecule has 2 heterocycles. The number of benzene rings is 1. The molecule has 0 spiro atoms. The number of aromatic nitrogens is 1. The molecule has 1 unspecified atom stereocenters. The van der Waals surface area contributed by atoms with Crippen molar-refractivity contribution in [3.8, 4) is 0 Å². The third kappa shape index (κ3) is 6.65. The van der Waals surface area contributed by atoms with Crippen LogP contribution < -0.4 is 11.5 Å². The van der Waals surface area contributed by atoms with Crippen LogP contribution in [0.5, 0.6) is 0 Å². The van der Waals surface area contributed by atoms with Gasteiger partial charge in [0, 0.05) is 55.9 Å². The maximum atomic E-state index is 13.6. The number of aliphatic hydroxyl groups excluding tert-OH is 2. The van der Waals surface area contributed by atoms with Gasteiger partial charge in [-0.1, -0.05) is 18.2 Å². The second-order valence-electron chi connectivity index (χ2n) is 10.2. The van der Waals surface area contributed by atoms with Crippen LogP contribution in [0, 0.1) is 11.8 Å². The quantitative estimate of drug-likeness (QED) is 0.240. The first-order valence-electron chi connectivity index (χ1n) is 12.8. The van der Waals surface area contributed by atoms with Gasteiger partial charge in [-0.25, -0.2) is 0 Å². The van der Waals surface area contributed by atoms with Gasteiger partial charge in [0.15, 0.2) is 5.78 Å². The lowest BCUT2D eigenvalue weighted by Crippen LogP contribution is -2.52. The first-order valence-corrected chi connectivity index (χ1v) is 12.8. The molecule has 11 heteroatoms. The summed E-state index contributed by atoms with van der Waals surface area (Å²) in [6.07, 6.45) is -0.918. The summed E-state index contributed by atoms with van der Waals surface area (Å²) in [5.74, 6) is -4.01. The molecule has 1 aromatic carbocycles. The molecule has 3 rings (SSSR count). The Morgan fingerprint density at radius 3 is 2.42 bits per heavy atom. The van der Waals surface area contributed by atoms with Crippen molar-refractivity contribution in [1.29, 1.82) is 0 Å². The monoisotopic (exact) mass is 530 g/mol. The van der Waals surface area contributed by atoms with Crippen LogP contribution in [0.4, 0.5) is 0 Å². The molecule has 0 bridgehead atoms. The molecule has 2 aromatic rings. The molecule has 1 fully saturated rings. The lowest BCUT2D eigenvalue weighted by atomic mass is 9.83. The SMILES string of the molecule is COC1C[C@@H](C(=O)C[C@@H](Cc2c[nH]c3ccccc23)C(=O)C[C@H](C(N)=O)[C@@H](C)O)N(C(=O)[C@@H](N)[C@@H](C)O)C1. The minimum atomic E-state index is -1.20. The summed E-state index contributed by atoms with van der Waals surface area (Å²) in [5.41, 5.74) is 13.0. The zero-order valence-corrected chi connectivity index (χ0v) is 22.0. The van der Waals surface area contributed by atoms with E-state index in [4.69, 9.17) is 16.2 Å². The molecule has 1 saturated heterocycles. The Morgan fingerprint density at radius 1 is 1.13 bits per heavy atom. The van der Waals surface area contributed by atoms with Crippen molar-refractivity contribution in [3.05, 3.63) is 36.0 Å². The van der Waals surface area contributed by atoms with E-state index in [0.717, 1.165) is 16.5 Å². The first kappa shape index (κ1) is 29.4. The fourth-order valence-electron chi connectivity index (χ4n) is 5.05. The van der Waals surface area contributed by atoms with E-state index in [2.05, 4.69) is 4.98 Å². The number of nitrogens with one attached hydrogen (secondary N) is 1. The predicted molar refractivity (Wildman–Crippen MR) is 140 cm³/mol. The molecule has 1 aliphatic rings. The van der Waals surface area contributed by atoms with E-state index in [0.29, 0.717) is 0 Å². The van der Waals surface area contributed by atoms with Crippen LogP contribution in [0.2, 0.25) is 0 Å². The van der Waals surface area contributed by atoms with E-state index in [1.807, 2.05) is 24.3 Å². The number of hydrogen-bond acceptors (Lipinski definition) is 8. The number of nitrogens with two attached hydrogens (primary N) is 2. The second kappa shape index (κ2) is 12.6. The van der Waals surface area contributed by atoms with Crippen LogP contribution in [0.15, 0.2) is 30.5 Å². The van der Waals surface area contributed by atoms with Gasteiger partial charge in [-0.05, 0) is 31.9 Å². The number of rotatable bonds is 13. The van der Waals surface area contributed by atoms with Crippen molar-refractivity contribution in [2.45, 2.75) is 69.9 Å². The topological polar surface area (TPSA) is 189 Å². The number of hydrogen-bond donors (Lipinski definition) is 5. The summed E-state index contributed by atoms with van der Waals surface area (Å²) in [7, 11) is 1.48. The Hall–Kier alpha value is -3.12. The summed E-state index contributed by atoms with van der Waals surface area (Å²) in [4.78, 5) is 56.4. The van der Waals surface area contributed by atoms with E-state index in [-0.39, 0.29) is 43.8 Å². The smallest absolute Gasteiger partial charge is 0.242 e. The van der Waals surface area contributed by atoms with Crippen molar-refractivity contribution in [2.75, 3.05) is 13.7 Å². The number of H-pyrrole nitrogens is 1. The number of para-hydroxylation sites is 1. The van der Waals surface area contributed by atoms with Gasteiger partial charge >= 0.3 is 0 Å². The maximum absolute atomic E-state index is 13.6. The van der Waals surface area contributed by atoms with Gasteiger partial charge in [-0.15, -0.1) is 0 Å². The Labute approximate surface area is 221 Å². The van der Waals surface area contributed by atoms with Gasteiger partial charge in [0.1, 0.15) is 11.8 Å². The molecule has 7 N–H and O–H groups in total. The Morgan fingerprint density at radius 2 is 1.82 bits per heavy atom. The molecular weight excluding hydrogens is 492 g/mol. The normalized spacial score (nSPS) is 21.6. The Bertz CT molecular complexity index is 1160. The highest BCUT2D eigenvalue weighted by molar-refractivity contribution is 5.96. The molecule has 11 nitrogen and oxygen atoms in total. The zero-order valence-electron chi connectivity index (χ0n) is 22.0. The van der Waals surface area contributed by atoms with Crippen molar-refractivity contribution in [2.24, 2.45) is 23.3 Å². The number of ether oxygens (including phenoxy) is 1. The number of primary amides is 1. The second-order valence-corrected chi connectivity index (χ2v) is 10.2. The highest BCUT2D eigenvalue weighted by Crippen LogP contribution is 2.28. The number of aromatic amines is 1. The summed E-state index contributed by atoms with van der Waals surface area (Å²) in [5, 5.41) is 20.7. The standard InChI is InChI=1S/C27H38N4O7/c1-14(32)20(26(29)36)11-23(34)16(8-17-12-30-21-7-5-4-6-19(17)21)9-24(35)22-10-18(38-3)13-31(22)27(37)25(28)15(2)33/h4-7,12,14-16,18,20,22,25,30,32-33H,8-11,13,28H2,1-3H3,(H2,29,36)/t14-,15-,16-,18?,20+,22+,25+/m1/s1. The van der Waals surface area contributed by atoms with Crippen molar-refractivity contribution in [3.63, 3.8) is 0 Å². The van der Waals surface area contributed by atoms with Gasteiger partial charge in [0.05, 0.1) is 30.3 Å². The molecular formula is C27H38N4O7. The highest BCUT2D eigenvalue weighted by atomic mass is 16.5. The van der Waals surface area contributed by atoms with Gasteiger partial charge in [0.25, 0.3) is 0 Å². The average Bonchev–Trinajstić information content (AvgIpc) is 3.50. The van der Waals surface area contributed by atoms with Crippen molar-refractivity contribution >= 4 is 34.3 Å². The fraction of sp³-hybridized carbons (Fsp3) is 0.556. The van der Waals surface area contributed by atoms with Crippen molar-refractivity contribution in [1.82, 2.24) is 9.88 Å². The van der Waals surface area contributed by atoms with Gasteiger partial charge in [0.2, 0.25) is 11.8 Å². The van der Waals surface area contributed by atoms with E-state index < -0.39 is 54.0 Å². The number of Topliss-reactive ketones (excluding diaryl/α,β-unsaturated/α-hetero) is 2. The lowest BCUT2D eigenvalue weighted by Gasteiger charge is -2.28. The number of fused-ring (bicyclic) bond motifs is 1. The van der Waals surface area contributed by atoms with E-state index in [1.54, 1.807) is 6.20 Å². The molecule has 7 atom stereocenters. The first-order chi connectivity index (χ1) is 17.9. The highest BCUT2D eigenvalue weighted by Gasteiger charge is 2.43. The van der Waals surface area contributed by atoms with Crippen LogP contribution in [-0.2, 0) is 30.3 Å². The molecule has 1 aromatic heterocycles. The average molecular weight is 531 g/mol. The molecule has 0 saturated carbocycles. The summed E-state index contributed by atoms with van der Waals surface area (Å²) in [6, 6.07) is 5.48. The fourth-order valence-corrected chi connectivity index (χ4v) is 5.05. The number of nitrogens with zero attached hydrogens (tertiary/aromatic N) is 1. The third-order valence-electron chi connectivity index (χ3n) is 7.47. The summed E-state index contributed by atoms with van der Waals surface area (Å²) in [6.45, 7) is 2.93. The number of likely N-dealkylation sites (tertiary alicyclic amines) is 1. The molecule has 0 aliphatic carbocycles. The zero-order chi connectivity index (χ0) is 28.1. The van der Waals surface area contributed by atoms with Crippen LogP contribution in [0.25, 0.3) is 10.9 Å². The number of carbonyl (C=O) groups excluding carboxylic acids is 4. The number of amides is 2. The Balaban J connectivity index is 1.88. The number of carbonyl (C=O) groups is 4. The minimum absolute atomic E-state index is 0.138. The van der Waals surface area contributed by atoms with Gasteiger partial charge in [-0.3, -0.25) is 19.2 Å². The summed E-state index contributed by atoms with van der Waals surface area (Å²) >= 11 is 0. The molecule has 2 amide bonds. The lowest BCUT2D eigenvalue weighted by molar-refractivity contribution is -0.141.